The van der Waals surface area contributed by atoms with Crippen molar-refractivity contribution in [2.45, 2.75) is 51.5 Å². The van der Waals surface area contributed by atoms with E-state index in [4.69, 9.17) is 0 Å². The fraction of sp³-hybridized carbons (Fsp3) is 0.632. The smallest absolute Gasteiger partial charge is 0.293 e. The highest BCUT2D eigenvalue weighted by atomic mass is 16.6. The van der Waals surface area contributed by atoms with Crippen LogP contribution in [0.4, 0.5) is 11.4 Å². The first-order chi connectivity index (χ1) is 12.0. The van der Waals surface area contributed by atoms with Crippen molar-refractivity contribution in [2.24, 2.45) is 5.92 Å². The van der Waals surface area contributed by atoms with Crippen LogP contribution in [0.1, 0.15) is 55.8 Å². The molecule has 6 nitrogen and oxygen atoms in total. The molecule has 6 heteroatoms. The van der Waals surface area contributed by atoms with E-state index in [1.54, 1.807) is 12.1 Å². The number of anilines is 1. The van der Waals surface area contributed by atoms with Crippen LogP contribution in [0.3, 0.4) is 0 Å². The van der Waals surface area contributed by atoms with Crippen LogP contribution >= 0.6 is 0 Å². The predicted molar refractivity (Wildman–Crippen MR) is 98.1 cm³/mol. The molecule has 0 spiro atoms. The molecular weight excluding hydrogens is 318 g/mol. The molecule has 0 unspecified atom stereocenters. The average Bonchev–Trinajstić information content (AvgIpc) is 3.09. The van der Waals surface area contributed by atoms with Crippen LogP contribution in [0, 0.1) is 16.0 Å². The molecule has 0 amide bonds. The number of ketones is 1. The van der Waals surface area contributed by atoms with E-state index in [2.05, 4.69) is 10.2 Å². The quantitative estimate of drug-likeness (QED) is 0.481. The van der Waals surface area contributed by atoms with E-state index in [1.165, 1.54) is 45.2 Å². The summed E-state index contributed by atoms with van der Waals surface area (Å²) in [6.45, 7) is 4.73. The monoisotopic (exact) mass is 345 g/mol. The number of rotatable bonds is 6. The van der Waals surface area contributed by atoms with Gasteiger partial charge in [0.2, 0.25) is 0 Å². The third-order valence-corrected chi connectivity index (χ3v) is 5.54. The van der Waals surface area contributed by atoms with Crippen LogP contribution in [0.25, 0.3) is 0 Å². The van der Waals surface area contributed by atoms with Gasteiger partial charge in [0.25, 0.3) is 5.69 Å². The molecule has 1 saturated carbocycles. The lowest BCUT2D eigenvalue weighted by atomic mass is 10.0. The minimum atomic E-state index is -0.413. The normalized spacial score (nSPS) is 19.9. The van der Waals surface area contributed by atoms with Crippen LogP contribution in [-0.4, -0.2) is 41.3 Å². The molecule has 1 heterocycles. The molecule has 1 aliphatic heterocycles. The number of nitrogens with zero attached hydrogens (tertiary/aromatic N) is 2. The third-order valence-electron chi connectivity index (χ3n) is 5.54. The second kappa shape index (κ2) is 7.95. The number of nitrogens with one attached hydrogen (secondary N) is 1. The molecular formula is C19H27N3O3. The predicted octanol–water partition coefficient (Wildman–Crippen LogP) is 3.86. The van der Waals surface area contributed by atoms with Crippen molar-refractivity contribution in [1.29, 1.82) is 0 Å². The number of carbonyl (C=O) groups is 1. The van der Waals surface area contributed by atoms with Gasteiger partial charge < -0.3 is 10.2 Å². The van der Waals surface area contributed by atoms with Crippen molar-refractivity contribution >= 4 is 17.2 Å². The molecule has 1 N–H and O–H groups in total. The summed E-state index contributed by atoms with van der Waals surface area (Å²) in [5.74, 6) is 0.708. The van der Waals surface area contributed by atoms with E-state index in [0.29, 0.717) is 11.3 Å². The highest BCUT2D eigenvalue weighted by molar-refractivity contribution is 5.95. The second-order valence-electron chi connectivity index (χ2n) is 7.41. The maximum Gasteiger partial charge on any atom is 0.293 e. The van der Waals surface area contributed by atoms with E-state index >= 15 is 0 Å². The van der Waals surface area contributed by atoms with Crippen molar-refractivity contribution in [3.8, 4) is 0 Å². The number of nitro benzene ring substituents is 1. The Balaban J connectivity index is 1.58. The first-order valence-corrected chi connectivity index (χ1v) is 9.31. The van der Waals surface area contributed by atoms with Gasteiger partial charge in [0.15, 0.2) is 5.78 Å². The molecule has 1 aromatic carbocycles. The van der Waals surface area contributed by atoms with E-state index < -0.39 is 4.92 Å². The molecule has 0 radical (unpaired) electrons. The highest BCUT2D eigenvalue weighted by Crippen LogP contribution is 2.29. The lowest BCUT2D eigenvalue weighted by molar-refractivity contribution is -0.384. The van der Waals surface area contributed by atoms with Crippen molar-refractivity contribution in [3.63, 3.8) is 0 Å². The van der Waals surface area contributed by atoms with E-state index in [-0.39, 0.29) is 17.5 Å². The molecule has 1 aliphatic carbocycles. The molecule has 0 bridgehead atoms. The molecule has 1 saturated heterocycles. The van der Waals surface area contributed by atoms with Crippen molar-refractivity contribution in [3.05, 3.63) is 33.9 Å². The van der Waals surface area contributed by atoms with Gasteiger partial charge in [0.1, 0.15) is 5.69 Å². The van der Waals surface area contributed by atoms with Gasteiger partial charge in [0.05, 0.1) is 4.92 Å². The number of piperidine rings is 1. The number of hydrogen-bond donors (Lipinski definition) is 1. The van der Waals surface area contributed by atoms with Crippen LogP contribution in [-0.2, 0) is 0 Å². The zero-order valence-corrected chi connectivity index (χ0v) is 14.9. The van der Waals surface area contributed by atoms with Gasteiger partial charge in [-0.2, -0.15) is 0 Å². The summed E-state index contributed by atoms with van der Waals surface area (Å²) in [5, 5.41) is 14.7. The third kappa shape index (κ3) is 4.57. The van der Waals surface area contributed by atoms with Gasteiger partial charge in [-0.25, -0.2) is 0 Å². The second-order valence-corrected chi connectivity index (χ2v) is 7.41. The standard InChI is InChI=1S/C19H27N3O3/c1-14(23)16-6-7-18(19(12-16)22(24)25)20-17-8-10-21(11-9-17)13-15-4-2-3-5-15/h6-7,12,15,17,20H,2-5,8-11,13H2,1H3. The number of carbonyl (C=O) groups excluding carboxylic acids is 1. The van der Waals surface area contributed by atoms with E-state index in [9.17, 15) is 14.9 Å². The van der Waals surface area contributed by atoms with Crippen LogP contribution in [0.2, 0.25) is 0 Å². The van der Waals surface area contributed by atoms with Gasteiger partial charge in [-0.1, -0.05) is 12.8 Å². The first kappa shape index (κ1) is 17.9. The number of benzene rings is 1. The SMILES string of the molecule is CC(=O)c1ccc(NC2CCN(CC3CCCC3)CC2)c([N+](=O)[O-])c1. The average molecular weight is 345 g/mol. The summed E-state index contributed by atoms with van der Waals surface area (Å²) >= 11 is 0. The molecule has 0 atom stereocenters. The number of nitro groups is 1. The summed E-state index contributed by atoms with van der Waals surface area (Å²) in [7, 11) is 0. The summed E-state index contributed by atoms with van der Waals surface area (Å²) in [6.07, 6.45) is 7.49. The van der Waals surface area contributed by atoms with Gasteiger partial charge in [-0.3, -0.25) is 14.9 Å². The van der Waals surface area contributed by atoms with Gasteiger partial charge in [-0.15, -0.1) is 0 Å². The van der Waals surface area contributed by atoms with Crippen LogP contribution in [0.5, 0.6) is 0 Å². The fourth-order valence-corrected chi connectivity index (χ4v) is 4.06. The molecule has 1 aromatic rings. The Morgan fingerprint density at radius 1 is 1.24 bits per heavy atom. The van der Waals surface area contributed by atoms with E-state index in [1.807, 2.05) is 0 Å². The Morgan fingerprint density at radius 3 is 2.52 bits per heavy atom. The van der Waals surface area contributed by atoms with Gasteiger partial charge >= 0.3 is 0 Å². The number of likely N-dealkylation sites (tertiary alicyclic amines) is 1. The molecule has 3 rings (SSSR count). The highest BCUT2D eigenvalue weighted by Gasteiger charge is 2.25. The summed E-state index contributed by atoms with van der Waals surface area (Å²) in [5.41, 5.74) is 0.883. The maximum atomic E-state index is 11.5. The van der Waals surface area contributed by atoms with Gasteiger partial charge in [0, 0.05) is 37.3 Å². The van der Waals surface area contributed by atoms with Crippen molar-refractivity contribution in [2.75, 3.05) is 25.0 Å². The van der Waals surface area contributed by atoms with Crippen LogP contribution in [0.15, 0.2) is 18.2 Å². The number of hydrogen-bond acceptors (Lipinski definition) is 5. The zero-order chi connectivity index (χ0) is 17.8. The fourth-order valence-electron chi connectivity index (χ4n) is 4.06. The molecule has 0 aromatic heterocycles. The zero-order valence-electron chi connectivity index (χ0n) is 14.9. The van der Waals surface area contributed by atoms with Gasteiger partial charge in [-0.05, 0) is 50.7 Å². The Morgan fingerprint density at radius 2 is 1.92 bits per heavy atom. The Kier molecular flexibility index (Phi) is 5.68. The number of Topliss-reactive ketones (excluding diaryl/α,β-unsaturated/α-hetero) is 1. The first-order valence-electron chi connectivity index (χ1n) is 9.31. The Bertz CT molecular complexity index is 633. The lowest BCUT2D eigenvalue weighted by Gasteiger charge is -2.34. The Hall–Kier alpha value is -1.95. The summed E-state index contributed by atoms with van der Waals surface area (Å²) in [6, 6.07) is 4.95. The topological polar surface area (TPSA) is 75.5 Å². The lowest BCUT2D eigenvalue weighted by Crippen LogP contribution is -2.41. The molecule has 25 heavy (non-hydrogen) atoms. The van der Waals surface area contributed by atoms with Crippen molar-refractivity contribution in [1.82, 2.24) is 4.90 Å². The summed E-state index contributed by atoms with van der Waals surface area (Å²) in [4.78, 5) is 24.9. The molecule has 136 valence electrons. The maximum absolute atomic E-state index is 11.5. The molecule has 2 aliphatic rings. The van der Waals surface area contributed by atoms with E-state index in [0.717, 1.165) is 31.8 Å². The minimum Gasteiger partial charge on any atom is -0.377 e. The Labute approximate surface area is 148 Å². The summed E-state index contributed by atoms with van der Waals surface area (Å²) < 4.78 is 0. The molecule has 2 fully saturated rings. The van der Waals surface area contributed by atoms with Crippen molar-refractivity contribution < 1.29 is 9.72 Å². The largest absolute Gasteiger partial charge is 0.377 e. The minimum absolute atomic E-state index is 0.0129. The van der Waals surface area contributed by atoms with Crippen LogP contribution < -0.4 is 5.32 Å².